The number of aliphatic hydroxyl groups excluding tert-OH is 1. The topological polar surface area (TPSA) is 104 Å². The Kier molecular flexibility index (Phi) is 5.73. The van der Waals surface area contributed by atoms with Crippen molar-refractivity contribution in [3.63, 3.8) is 0 Å². The maximum absolute atomic E-state index is 11.8. The number of aliphatic hydroxyl groups is 1. The molecule has 0 atom stereocenters. The first-order chi connectivity index (χ1) is 8.45. The van der Waals surface area contributed by atoms with Gasteiger partial charge in [-0.1, -0.05) is 0 Å². The highest BCUT2D eigenvalue weighted by atomic mass is 32.2. The SMILES string of the molecule is O=C(O)Cc1ccc(S(=O)(=O)NCCCCO)s1. The monoisotopic (exact) mass is 293 g/mol. The molecule has 0 fully saturated rings. The van der Waals surface area contributed by atoms with E-state index in [0.29, 0.717) is 17.7 Å². The molecule has 1 aromatic rings. The Labute approximate surface area is 109 Å². The summed E-state index contributed by atoms with van der Waals surface area (Å²) in [6.45, 7) is 0.290. The molecule has 1 heterocycles. The van der Waals surface area contributed by atoms with Crippen LogP contribution in [-0.2, 0) is 21.2 Å². The number of sulfonamides is 1. The van der Waals surface area contributed by atoms with Crippen molar-refractivity contribution in [3.05, 3.63) is 17.0 Å². The average molecular weight is 293 g/mol. The van der Waals surface area contributed by atoms with Gasteiger partial charge in [-0.2, -0.15) is 0 Å². The summed E-state index contributed by atoms with van der Waals surface area (Å²) >= 11 is 0.951. The molecule has 0 radical (unpaired) electrons. The standard InChI is InChI=1S/C10H15NO5S2/c12-6-2-1-5-11-18(15,16)10-4-3-8(17-10)7-9(13)14/h3-4,11-12H,1-2,5-7H2,(H,13,14). The fraction of sp³-hybridized carbons (Fsp3) is 0.500. The third-order valence-electron chi connectivity index (χ3n) is 2.10. The van der Waals surface area contributed by atoms with Crippen molar-refractivity contribution in [1.29, 1.82) is 0 Å². The largest absolute Gasteiger partial charge is 0.481 e. The second kappa shape index (κ2) is 6.83. The Morgan fingerprint density at radius 1 is 1.33 bits per heavy atom. The van der Waals surface area contributed by atoms with E-state index in [1.54, 1.807) is 0 Å². The predicted molar refractivity (Wildman–Crippen MR) is 67.2 cm³/mol. The molecule has 0 aromatic carbocycles. The molecular formula is C10H15NO5S2. The van der Waals surface area contributed by atoms with Crippen LogP contribution in [-0.4, -0.2) is 37.8 Å². The molecular weight excluding hydrogens is 278 g/mol. The molecule has 0 aliphatic carbocycles. The summed E-state index contributed by atoms with van der Waals surface area (Å²) in [5, 5.41) is 17.2. The first-order valence-corrected chi connectivity index (χ1v) is 7.66. The van der Waals surface area contributed by atoms with Crippen LogP contribution in [0.25, 0.3) is 0 Å². The number of aliphatic carboxylic acids is 1. The Balaban J connectivity index is 2.61. The number of carboxylic acids is 1. The Morgan fingerprint density at radius 3 is 2.67 bits per heavy atom. The number of nitrogens with one attached hydrogen (secondary N) is 1. The van der Waals surface area contributed by atoms with Gasteiger partial charge in [-0.15, -0.1) is 11.3 Å². The van der Waals surface area contributed by atoms with Gasteiger partial charge in [-0.05, 0) is 25.0 Å². The maximum Gasteiger partial charge on any atom is 0.308 e. The first kappa shape index (κ1) is 15.1. The van der Waals surface area contributed by atoms with Crippen molar-refractivity contribution in [2.24, 2.45) is 0 Å². The minimum atomic E-state index is -3.56. The Morgan fingerprint density at radius 2 is 2.06 bits per heavy atom. The molecule has 0 amide bonds. The molecule has 0 saturated carbocycles. The van der Waals surface area contributed by atoms with Gasteiger partial charge in [0.25, 0.3) is 0 Å². The van der Waals surface area contributed by atoms with Crippen molar-refractivity contribution >= 4 is 27.3 Å². The number of hydrogen-bond donors (Lipinski definition) is 3. The molecule has 0 bridgehead atoms. The summed E-state index contributed by atoms with van der Waals surface area (Å²) in [6, 6.07) is 2.90. The van der Waals surface area contributed by atoms with E-state index in [1.807, 2.05) is 0 Å². The van der Waals surface area contributed by atoms with Gasteiger partial charge in [0.15, 0.2) is 0 Å². The van der Waals surface area contributed by atoms with Gasteiger partial charge in [-0.3, -0.25) is 4.79 Å². The van der Waals surface area contributed by atoms with Crippen LogP contribution in [0.15, 0.2) is 16.3 Å². The summed E-state index contributed by atoms with van der Waals surface area (Å²) in [4.78, 5) is 11.0. The zero-order valence-corrected chi connectivity index (χ0v) is 11.3. The molecule has 8 heteroatoms. The highest BCUT2D eigenvalue weighted by Gasteiger charge is 2.16. The van der Waals surface area contributed by atoms with Crippen molar-refractivity contribution in [2.75, 3.05) is 13.2 Å². The summed E-state index contributed by atoms with van der Waals surface area (Å²) in [5.41, 5.74) is 0. The second-order valence-electron chi connectivity index (χ2n) is 3.62. The second-order valence-corrected chi connectivity index (χ2v) is 6.78. The molecule has 102 valence electrons. The van der Waals surface area contributed by atoms with E-state index in [4.69, 9.17) is 10.2 Å². The minimum Gasteiger partial charge on any atom is -0.481 e. The van der Waals surface area contributed by atoms with Crippen LogP contribution in [0, 0.1) is 0 Å². The lowest BCUT2D eigenvalue weighted by Crippen LogP contribution is -2.24. The van der Waals surface area contributed by atoms with Crippen LogP contribution in [0.4, 0.5) is 0 Å². The zero-order valence-electron chi connectivity index (χ0n) is 9.63. The van der Waals surface area contributed by atoms with Crippen molar-refractivity contribution in [1.82, 2.24) is 4.72 Å². The number of rotatable bonds is 8. The Bertz CT molecular complexity index is 494. The van der Waals surface area contributed by atoms with Crippen molar-refractivity contribution in [3.8, 4) is 0 Å². The van der Waals surface area contributed by atoms with Crippen LogP contribution in [0.1, 0.15) is 17.7 Å². The van der Waals surface area contributed by atoms with Gasteiger partial charge in [0, 0.05) is 18.0 Å². The average Bonchev–Trinajstić information content (AvgIpc) is 2.73. The molecule has 6 nitrogen and oxygen atoms in total. The summed E-state index contributed by atoms with van der Waals surface area (Å²) in [6.07, 6.45) is 0.922. The molecule has 3 N–H and O–H groups in total. The molecule has 0 saturated heterocycles. The number of carbonyl (C=O) groups is 1. The van der Waals surface area contributed by atoms with Crippen molar-refractivity contribution in [2.45, 2.75) is 23.5 Å². The highest BCUT2D eigenvalue weighted by molar-refractivity contribution is 7.91. The van der Waals surface area contributed by atoms with Crippen LogP contribution >= 0.6 is 11.3 Å². The van der Waals surface area contributed by atoms with Gasteiger partial charge < -0.3 is 10.2 Å². The van der Waals surface area contributed by atoms with Gasteiger partial charge in [0.1, 0.15) is 4.21 Å². The minimum absolute atomic E-state index is 0.0312. The third-order valence-corrected chi connectivity index (χ3v) is 5.14. The number of hydrogen-bond acceptors (Lipinski definition) is 5. The maximum atomic E-state index is 11.8. The summed E-state index contributed by atoms with van der Waals surface area (Å²) in [5.74, 6) is -0.989. The number of carboxylic acid groups (broad SMARTS) is 1. The Hall–Kier alpha value is -0.960. The lowest BCUT2D eigenvalue weighted by atomic mass is 10.3. The van der Waals surface area contributed by atoms with Gasteiger partial charge >= 0.3 is 5.97 Å². The molecule has 0 unspecified atom stereocenters. The van der Waals surface area contributed by atoms with E-state index in [9.17, 15) is 13.2 Å². The lowest BCUT2D eigenvalue weighted by Gasteiger charge is -2.03. The number of unbranched alkanes of at least 4 members (excludes halogenated alkanes) is 1. The predicted octanol–water partition coefficient (Wildman–Crippen LogP) is 0.426. The summed E-state index contributed by atoms with van der Waals surface area (Å²) in [7, 11) is -3.56. The number of thiophene rings is 1. The van der Waals surface area contributed by atoms with Gasteiger partial charge in [-0.25, -0.2) is 13.1 Å². The fourth-order valence-corrected chi connectivity index (χ4v) is 3.73. The van der Waals surface area contributed by atoms with Gasteiger partial charge in [0.05, 0.1) is 6.42 Å². The molecule has 0 spiro atoms. The summed E-state index contributed by atoms with van der Waals surface area (Å²) < 4.78 is 26.1. The smallest absolute Gasteiger partial charge is 0.308 e. The van der Waals surface area contributed by atoms with E-state index < -0.39 is 16.0 Å². The quantitative estimate of drug-likeness (QED) is 0.603. The van der Waals surface area contributed by atoms with E-state index >= 15 is 0 Å². The zero-order chi connectivity index (χ0) is 13.6. The molecule has 18 heavy (non-hydrogen) atoms. The highest BCUT2D eigenvalue weighted by Crippen LogP contribution is 2.21. The molecule has 0 aliphatic heterocycles. The van der Waals surface area contributed by atoms with E-state index in [2.05, 4.69) is 4.72 Å². The van der Waals surface area contributed by atoms with Crippen LogP contribution in [0.5, 0.6) is 0 Å². The van der Waals surface area contributed by atoms with E-state index in [0.717, 1.165) is 11.3 Å². The van der Waals surface area contributed by atoms with E-state index in [-0.39, 0.29) is 23.8 Å². The molecule has 1 aromatic heterocycles. The van der Waals surface area contributed by atoms with Crippen molar-refractivity contribution < 1.29 is 23.4 Å². The van der Waals surface area contributed by atoms with Gasteiger partial charge in [0.2, 0.25) is 10.0 Å². The van der Waals surface area contributed by atoms with Crippen LogP contribution < -0.4 is 4.72 Å². The first-order valence-electron chi connectivity index (χ1n) is 5.37. The normalized spacial score (nSPS) is 11.6. The third kappa shape index (κ3) is 4.73. The molecule has 0 aliphatic rings. The fourth-order valence-electron chi connectivity index (χ4n) is 1.26. The van der Waals surface area contributed by atoms with E-state index in [1.165, 1.54) is 12.1 Å². The lowest BCUT2D eigenvalue weighted by molar-refractivity contribution is -0.136. The van der Waals surface area contributed by atoms with Crippen LogP contribution in [0.3, 0.4) is 0 Å². The van der Waals surface area contributed by atoms with Crippen LogP contribution in [0.2, 0.25) is 0 Å². The molecule has 1 rings (SSSR count).